The van der Waals surface area contributed by atoms with E-state index in [1.165, 1.54) is 5.56 Å². The molecule has 118 valence electrons. The number of hydrogen-bond acceptors (Lipinski definition) is 3. The van der Waals surface area contributed by atoms with Gasteiger partial charge in [0.1, 0.15) is 0 Å². The van der Waals surface area contributed by atoms with Crippen LogP contribution in [0.2, 0.25) is 0 Å². The topological polar surface area (TPSA) is 38.7 Å². The first-order chi connectivity index (χ1) is 11.8. The molecule has 2 aromatic rings. The Morgan fingerprint density at radius 2 is 1.67 bits per heavy atom. The molecule has 0 aromatic heterocycles. The van der Waals surface area contributed by atoms with Gasteiger partial charge in [-0.3, -0.25) is 0 Å². The van der Waals surface area contributed by atoms with Crippen molar-refractivity contribution in [2.75, 3.05) is 0 Å². The molecule has 24 heavy (non-hydrogen) atoms. The highest BCUT2D eigenvalue weighted by Gasteiger charge is 2.64. The molecule has 0 amide bonds. The van der Waals surface area contributed by atoms with Crippen LogP contribution in [0.15, 0.2) is 77.8 Å². The molecule has 1 saturated carbocycles. The van der Waals surface area contributed by atoms with Gasteiger partial charge in [0.2, 0.25) is 5.90 Å². The lowest BCUT2D eigenvalue weighted by molar-refractivity contribution is -0.140. The zero-order chi connectivity index (χ0) is 16.1. The summed E-state index contributed by atoms with van der Waals surface area (Å²) in [4.78, 5) is 17.9. The second-order valence-electron chi connectivity index (χ2n) is 6.78. The van der Waals surface area contributed by atoms with Crippen molar-refractivity contribution < 1.29 is 9.53 Å². The third kappa shape index (κ3) is 1.72. The van der Waals surface area contributed by atoms with E-state index in [2.05, 4.69) is 24.3 Å². The van der Waals surface area contributed by atoms with Gasteiger partial charge in [-0.05, 0) is 30.0 Å². The lowest BCUT2D eigenvalue weighted by Crippen LogP contribution is -2.44. The van der Waals surface area contributed by atoms with Gasteiger partial charge in [-0.2, -0.15) is 0 Å². The number of nitrogens with zero attached hydrogens (tertiary/aromatic N) is 1. The van der Waals surface area contributed by atoms with Crippen molar-refractivity contribution in [3.05, 3.63) is 83.9 Å². The van der Waals surface area contributed by atoms with Crippen LogP contribution in [0.4, 0.5) is 0 Å². The Balaban J connectivity index is 1.66. The Bertz CT molecular complexity index is 856. The fourth-order valence-electron chi connectivity index (χ4n) is 4.56. The molecule has 2 aromatic carbocycles. The summed E-state index contributed by atoms with van der Waals surface area (Å²) in [5.41, 5.74) is 1.23. The number of benzene rings is 2. The molecule has 1 spiro atoms. The zero-order valence-corrected chi connectivity index (χ0v) is 13.1. The standard InChI is InChI=1S/C21H17NO2/c23-20-21(22-19(24-20)15-9-5-2-6-10-15)17-12-11-16(13-17)18(21)14-7-3-1-4-8-14/h1-12,16-18H,13H2/t16-,17+,18+,21+/m0/s1. The molecule has 2 bridgehead atoms. The van der Waals surface area contributed by atoms with E-state index in [4.69, 9.17) is 9.73 Å². The number of fused-ring (bicyclic) bond motifs is 3. The van der Waals surface area contributed by atoms with Crippen LogP contribution < -0.4 is 0 Å². The highest BCUT2D eigenvalue weighted by molar-refractivity contribution is 6.09. The van der Waals surface area contributed by atoms with Crippen LogP contribution in [0.3, 0.4) is 0 Å². The van der Waals surface area contributed by atoms with E-state index < -0.39 is 5.54 Å². The van der Waals surface area contributed by atoms with Gasteiger partial charge in [-0.15, -0.1) is 0 Å². The molecule has 0 radical (unpaired) electrons. The molecule has 3 nitrogen and oxygen atoms in total. The molecular weight excluding hydrogens is 298 g/mol. The van der Waals surface area contributed by atoms with Gasteiger partial charge in [0.25, 0.3) is 0 Å². The van der Waals surface area contributed by atoms with Crippen LogP contribution in [0.1, 0.15) is 23.5 Å². The molecule has 0 saturated heterocycles. The number of ether oxygens (including phenoxy) is 1. The Kier molecular flexibility index (Phi) is 2.81. The van der Waals surface area contributed by atoms with E-state index in [0.717, 1.165) is 12.0 Å². The van der Waals surface area contributed by atoms with Gasteiger partial charge < -0.3 is 4.74 Å². The molecule has 1 fully saturated rings. The number of carbonyl (C=O) groups excluding carboxylic acids is 1. The molecule has 3 aliphatic rings. The quantitative estimate of drug-likeness (QED) is 0.626. The number of cyclic esters (lactones) is 1. The summed E-state index contributed by atoms with van der Waals surface area (Å²) in [6.07, 6.45) is 5.37. The van der Waals surface area contributed by atoms with Gasteiger partial charge >= 0.3 is 5.97 Å². The summed E-state index contributed by atoms with van der Waals surface area (Å²) in [5.74, 6) is 0.794. The van der Waals surface area contributed by atoms with Crippen LogP contribution in [0.5, 0.6) is 0 Å². The maximum atomic E-state index is 13.0. The molecular formula is C21H17NO2. The van der Waals surface area contributed by atoms with Crippen LogP contribution in [0.25, 0.3) is 0 Å². The molecule has 1 aliphatic heterocycles. The largest absolute Gasteiger partial charge is 0.405 e. The summed E-state index contributed by atoms with van der Waals surface area (Å²) in [6.45, 7) is 0. The van der Waals surface area contributed by atoms with Crippen molar-refractivity contribution in [2.24, 2.45) is 16.8 Å². The number of carbonyl (C=O) groups is 1. The average molecular weight is 315 g/mol. The number of hydrogen-bond donors (Lipinski definition) is 0. The Hall–Kier alpha value is -2.68. The lowest BCUT2D eigenvalue weighted by Gasteiger charge is -2.32. The van der Waals surface area contributed by atoms with Gasteiger partial charge in [0, 0.05) is 17.4 Å². The van der Waals surface area contributed by atoms with E-state index in [9.17, 15) is 4.79 Å². The predicted molar refractivity (Wildman–Crippen MR) is 91.7 cm³/mol. The molecule has 4 atom stereocenters. The molecule has 2 aliphatic carbocycles. The van der Waals surface area contributed by atoms with Crippen molar-refractivity contribution in [1.29, 1.82) is 0 Å². The van der Waals surface area contributed by atoms with Gasteiger partial charge in [0.05, 0.1) is 0 Å². The summed E-state index contributed by atoms with van der Waals surface area (Å²) < 4.78 is 5.67. The molecule has 3 heteroatoms. The first-order valence-electron chi connectivity index (χ1n) is 8.40. The van der Waals surface area contributed by atoms with E-state index in [-0.39, 0.29) is 17.8 Å². The maximum Gasteiger partial charge on any atom is 0.342 e. The number of rotatable bonds is 2. The first kappa shape index (κ1) is 13.7. The van der Waals surface area contributed by atoms with Gasteiger partial charge in [-0.1, -0.05) is 60.7 Å². The molecule has 5 rings (SSSR count). The first-order valence-corrected chi connectivity index (χ1v) is 8.40. The lowest BCUT2D eigenvalue weighted by atomic mass is 9.73. The van der Waals surface area contributed by atoms with Crippen molar-refractivity contribution in [1.82, 2.24) is 0 Å². The Morgan fingerprint density at radius 3 is 2.42 bits per heavy atom. The van der Waals surface area contributed by atoms with Crippen LogP contribution in [-0.4, -0.2) is 17.4 Å². The highest BCUT2D eigenvalue weighted by atomic mass is 16.6. The van der Waals surface area contributed by atoms with E-state index >= 15 is 0 Å². The molecule has 0 unspecified atom stereocenters. The Labute approximate surface area is 140 Å². The number of aliphatic imine (C=N–C) groups is 1. The van der Waals surface area contributed by atoms with Crippen molar-refractivity contribution in [2.45, 2.75) is 17.9 Å². The van der Waals surface area contributed by atoms with E-state index in [1.54, 1.807) is 0 Å². The van der Waals surface area contributed by atoms with E-state index in [0.29, 0.717) is 11.8 Å². The third-order valence-corrected chi connectivity index (χ3v) is 5.57. The number of esters is 1. The highest BCUT2D eigenvalue weighted by Crippen LogP contribution is 2.59. The van der Waals surface area contributed by atoms with Crippen molar-refractivity contribution in [3.8, 4) is 0 Å². The third-order valence-electron chi connectivity index (χ3n) is 5.57. The van der Waals surface area contributed by atoms with Crippen molar-refractivity contribution in [3.63, 3.8) is 0 Å². The van der Waals surface area contributed by atoms with Gasteiger partial charge in [-0.25, -0.2) is 9.79 Å². The monoisotopic (exact) mass is 315 g/mol. The summed E-state index contributed by atoms with van der Waals surface area (Å²) >= 11 is 0. The fraction of sp³-hybridized carbons (Fsp3) is 0.238. The summed E-state index contributed by atoms with van der Waals surface area (Å²) in [7, 11) is 0. The minimum atomic E-state index is -0.800. The predicted octanol–water partition coefficient (Wildman–Crippen LogP) is 3.72. The number of allylic oxidation sites excluding steroid dienone is 1. The summed E-state index contributed by atoms with van der Waals surface area (Å²) in [5, 5.41) is 0. The molecule has 0 N–H and O–H groups in total. The van der Waals surface area contributed by atoms with Crippen LogP contribution in [-0.2, 0) is 9.53 Å². The Morgan fingerprint density at radius 1 is 0.958 bits per heavy atom. The normalized spacial score (nSPS) is 33.1. The zero-order valence-electron chi connectivity index (χ0n) is 13.1. The smallest absolute Gasteiger partial charge is 0.342 e. The molecule has 1 heterocycles. The summed E-state index contributed by atoms with van der Waals surface area (Å²) in [6, 6.07) is 20.0. The maximum absolute atomic E-state index is 13.0. The second kappa shape index (κ2) is 4.91. The van der Waals surface area contributed by atoms with Crippen LogP contribution >= 0.6 is 0 Å². The van der Waals surface area contributed by atoms with E-state index in [1.807, 2.05) is 48.5 Å². The van der Waals surface area contributed by atoms with Crippen LogP contribution in [0, 0.1) is 11.8 Å². The SMILES string of the molecule is O=C1OC(c2ccccc2)=N[C@@]12[C@@H]1C=C[C@@H](C1)[C@H]2c1ccccc1. The van der Waals surface area contributed by atoms with Crippen molar-refractivity contribution >= 4 is 11.9 Å². The second-order valence-corrected chi connectivity index (χ2v) is 6.78. The minimum Gasteiger partial charge on any atom is -0.405 e. The average Bonchev–Trinajstić information content (AvgIpc) is 3.31. The minimum absolute atomic E-state index is 0.0578. The van der Waals surface area contributed by atoms with Gasteiger partial charge in [0.15, 0.2) is 5.54 Å². The fourth-order valence-corrected chi connectivity index (χ4v) is 4.56.